The molecule has 0 radical (unpaired) electrons. The van der Waals surface area contributed by atoms with Crippen LogP contribution in [0.3, 0.4) is 0 Å². The molecule has 11 heteroatoms. The van der Waals surface area contributed by atoms with Crippen LogP contribution in [0.4, 0.5) is 0 Å². The summed E-state index contributed by atoms with van der Waals surface area (Å²) >= 11 is 6.24. The van der Waals surface area contributed by atoms with Crippen molar-refractivity contribution in [3.63, 3.8) is 0 Å². The van der Waals surface area contributed by atoms with Crippen LogP contribution in [0.1, 0.15) is 67.1 Å². The number of benzene rings is 1. The number of ether oxygens (including phenoxy) is 1. The van der Waals surface area contributed by atoms with Gasteiger partial charge in [0, 0.05) is 11.1 Å². The van der Waals surface area contributed by atoms with Crippen molar-refractivity contribution >= 4 is 23.4 Å². The molecule has 1 aliphatic heterocycles. The summed E-state index contributed by atoms with van der Waals surface area (Å²) in [5, 5.41) is 19.3. The molecule has 0 aliphatic carbocycles. The molecule has 1 aromatic carbocycles. The summed E-state index contributed by atoms with van der Waals surface area (Å²) in [5.74, 6) is -0.473. The molecule has 1 unspecified atom stereocenters. The molecule has 1 saturated heterocycles. The maximum Gasteiger partial charge on any atom is 0.307 e. The fourth-order valence-corrected chi connectivity index (χ4v) is 5.16. The fraction of sp³-hybridized carbons (Fsp3) is 0.379. The van der Waals surface area contributed by atoms with E-state index in [1.165, 1.54) is 12.1 Å². The number of aromatic amines is 1. The lowest BCUT2D eigenvalue weighted by Gasteiger charge is -2.38. The van der Waals surface area contributed by atoms with Gasteiger partial charge in [0.15, 0.2) is 5.75 Å². The van der Waals surface area contributed by atoms with Crippen molar-refractivity contribution in [2.75, 3.05) is 0 Å². The highest BCUT2D eigenvalue weighted by Gasteiger charge is 2.46. The van der Waals surface area contributed by atoms with Crippen molar-refractivity contribution in [1.82, 2.24) is 25.4 Å². The molecule has 1 fully saturated rings. The van der Waals surface area contributed by atoms with Crippen molar-refractivity contribution in [2.24, 2.45) is 5.41 Å². The van der Waals surface area contributed by atoms with Crippen LogP contribution in [0.25, 0.3) is 0 Å². The number of H-pyrrole nitrogens is 1. The number of aryl methyl sites for hydroxylation is 2. The Morgan fingerprint density at radius 1 is 1.20 bits per heavy atom. The Hall–Kier alpha value is -4.23. The Kier molecular flexibility index (Phi) is 8.26. The molecule has 2 aromatic heterocycles. The molecule has 0 bridgehead atoms. The van der Waals surface area contributed by atoms with Crippen molar-refractivity contribution in [3.05, 3.63) is 80.5 Å². The van der Waals surface area contributed by atoms with Crippen LogP contribution in [-0.2, 0) is 4.79 Å². The average Bonchev–Trinajstić information content (AvgIpc) is 3.37. The van der Waals surface area contributed by atoms with Gasteiger partial charge in [-0.25, -0.2) is 10.1 Å². The zero-order valence-electron chi connectivity index (χ0n) is 23.0. The first kappa shape index (κ1) is 28.8. The molecule has 3 aromatic rings. The maximum absolute atomic E-state index is 13.8. The summed E-state index contributed by atoms with van der Waals surface area (Å²) in [4.78, 5) is 45.0. The van der Waals surface area contributed by atoms with Gasteiger partial charge in [-0.15, -0.1) is 0 Å². The highest BCUT2D eigenvalue weighted by atomic mass is 35.5. The largest absolute Gasteiger partial charge is 0.450 e. The SMILES string of the molecule is Cc1cc(Oc2ccc(C(=O)N[C@H](C)C(=O)N3C(C(C)(C)C#N)CC[C@H]3c3cccc(Cl)c3)nc2C)c(=O)[nH]n1. The first-order valence-electron chi connectivity index (χ1n) is 12.9. The summed E-state index contributed by atoms with van der Waals surface area (Å²) in [7, 11) is 0. The molecule has 4 rings (SSSR count). The number of halogens is 1. The second-order valence-electron chi connectivity index (χ2n) is 10.5. The standard InChI is InChI=1S/C29H31ClN6O4/c1-16-13-24(27(38)35-34-16)40-23-11-9-21(32-17(23)2)26(37)33-18(3)28(39)36-22(19-7-6-8-20(30)14-19)10-12-25(36)29(4,5)15-31/h6-9,11,13-14,18,22,25H,10,12H2,1-5H3,(H,33,37)(H,35,38)/t18-,22+,25?/m1/s1. The van der Waals surface area contributed by atoms with Gasteiger partial charge in [0.2, 0.25) is 5.91 Å². The van der Waals surface area contributed by atoms with E-state index in [1.54, 1.807) is 37.8 Å². The van der Waals surface area contributed by atoms with Crippen LogP contribution >= 0.6 is 11.6 Å². The molecule has 0 spiro atoms. The van der Waals surface area contributed by atoms with Gasteiger partial charge in [0.1, 0.15) is 17.5 Å². The van der Waals surface area contributed by atoms with Crippen molar-refractivity contribution < 1.29 is 14.3 Å². The minimum Gasteiger partial charge on any atom is -0.450 e. The third-order valence-electron chi connectivity index (χ3n) is 7.10. The number of nitriles is 1. The number of rotatable bonds is 7. The van der Waals surface area contributed by atoms with E-state index in [2.05, 4.69) is 26.6 Å². The second kappa shape index (κ2) is 11.5. The molecular weight excluding hydrogens is 532 g/mol. The van der Waals surface area contributed by atoms with Gasteiger partial charge in [-0.1, -0.05) is 23.7 Å². The first-order chi connectivity index (χ1) is 18.9. The van der Waals surface area contributed by atoms with Crippen LogP contribution in [0.5, 0.6) is 11.5 Å². The summed E-state index contributed by atoms with van der Waals surface area (Å²) in [6, 6.07) is 12.7. The van der Waals surface area contributed by atoms with Crippen molar-refractivity contribution in [3.8, 4) is 17.6 Å². The van der Waals surface area contributed by atoms with Gasteiger partial charge < -0.3 is 15.0 Å². The topological polar surface area (TPSA) is 141 Å². The summed E-state index contributed by atoms with van der Waals surface area (Å²) in [6.07, 6.45) is 1.32. The number of hydrogen-bond donors (Lipinski definition) is 2. The zero-order chi connectivity index (χ0) is 29.2. The van der Waals surface area contributed by atoms with E-state index in [1.807, 2.05) is 32.0 Å². The van der Waals surface area contributed by atoms with Gasteiger partial charge in [-0.3, -0.25) is 14.4 Å². The number of carbonyl (C=O) groups excluding carboxylic acids is 2. The number of nitrogens with one attached hydrogen (secondary N) is 2. The molecule has 3 heterocycles. The summed E-state index contributed by atoms with van der Waals surface area (Å²) in [5.41, 5.74) is 0.645. The Morgan fingerprint density at radius 2 is 1.95 bits per heavy atom. The third kappa shape index (κ3) is 6.00. The molecule has 1 aliphatic rings. The molecule has 3 atom stereocenters. The molecule has 10 nitrogen and oxygen atoms in total. The van der Waals surface area contributed by atoms with E-state index in [-0.39, 0.29) is 29.4 Å². The lowest BCUT2D eigenvalue weighted by Crippen LogP contribution is -2.52. The smallest absolute Gasteiger partial charge is 0.307 e. The molecule has 40 heavy (non-hydrogen) atoms. The van der Waals surface area contributed by atoms with E-state index in [0.29, 0.717) is 35.0 Å². The fourth-order valence-electron chi connectivity index (χ4n) is 4.96. The molecule has 0 saturated carbocycles. The zero-order valence-corrected chi connectivity index (χ0v) is 23.7. The monoisotopic (exact) mass is 562 g/mol. The lowest BCUT2D eigenvalue weighted by molar-refractivity contribution is -0.137. The predicted molar refractivity (Wildman–Crippen MR) is 149 cm³/mol. The number of amides is 2. The van der Waals surface area contributed by atoms with E-state index in [9.17, 15) is 19.6 Å². The van der Waals surface area contributed by atoms with Crippen LogP contribution in [-0.4, -0.2) is 44.0 Å². The van der Waals surface area contributed by atoms with Gasteiger partial charge in [0.25, 0.3) is 5.91 Å². The first-order valence-corrected chi connectivity index (χ1v) is 13.3. The van der Waals surface area contributed by atoms with Crippen molar-refractivity contribution in [1.29, 1.82) is 5.26 Å². The molecular formula is C29H31ClN6O4. The van der Waals surface area contributed by atoms with E-state index < -0.39 is 22.9 Å². The number of nitrogens with zero attached hydrogens (tertiary/aromatic N) is 4. The van der Waals surface area contributed by atoms with E-state index in [4.69, 9.17) is 16.3 Å². The van der Waals surface area contributed by atoms with Gasteiger partial charge >= 0.3 is 5.56 Å². The molecule has 2 amide bonds. The van der Waals surface area contributed by atoms with Crippen molar-refractivity contribution in [2.45, 2.75) is 65.6 Å². The Morgan fingerprint density at radius 3 is 2.62 bits per heavy atom. The average molecular weight is 563 g/mol. The van der Waals surface area contributed by atoms with E-state index >= 15 is 0 Å². The maximum atomic E-state index is 13.8. The minimum absolute atomic E-state index is 0.0588. The summed E-state index contributed by atoms with van der Waals surface area (Å²) in [6.45, 7) is 8.62. The third-order valence-corrected chi connectivity index (χ3v) is 7.33. The molecule has 2 N–H and O–H groups in total. The van der Waals surface area contributed by atoms with E-state index in [0.717, 1.165) is 5.56 Å². The lowest BCUT2D eigenvalue weighted by atomic mass is 9.84. The van der Waals surface area contributed by atoms with Crippen LogP contribution in [0, 0.1) is 30.6 Å². The molecule has 208 valence electrons. The van der Waals surface area contributed by atoms with Gasteiger partial charge in [0.05, 0.1) is 35.0 Å². The number of aromatic nitrogens is 3. The Labute approximate surface area is 237 Å². The second-order valence-corrected chi connectivity index (χ2v) is 11.0. The number of likely N-dealkylation sites (tertiary alicyclic amines) is 1. The van der Waals surface area contributed by atoms with Gasteiger partial charge in [-0.2, -0.15) is 10.4 Å². The van der Waals surface area contributed by atoms with Gasteiger partial charge in [-0.05, 0) is 77.3 Å². The number of carbonyl (C=O) groups is 2. The summed E-state index contributed by atoms with van der Waals surface area (Å²) < 4.78 is 5.68. The highest BCUT2D eigenvalue weighted by molar-refractivity contribution is 6.30. The normalized spacial score (nSPS) is 17.7. The van der Waals surface area contributed by atoms with Crippen LogP contribution < -0.4 is 15.6 Å². The Balaban J connectivity index is 1.53. The minimum atomic E-state index is -0.888. The quantitative estimate of drug-likeness (QED) is 0.427. The highest BCUT2D eigenvalue weighted by Crippen LogP contribution is 2.43. The van der Waals surface area contributed by atoms with Crippen LogP contribution in [0.15, 0.2) is 47.3 Å². The Bertz CT molecular complexity index is 1550. The predicted octanol–water partition coefficient (Wildman–Crippen LogP) is 4.63. The van der Waals surface area contributed by atoms with Crippen LogP contribution in [0.2, 0.25) is 5.02 Å². The number of pyridine rings is 1. The number of hydrogen-bond acceptors (Lipinski definition) is 7.